The van der Waals surface area contributed by atoms with Crippen LogP contribution >= 0.6 is 15.9 Å². The van der Waals surface area contributed by atoms with E-state index in [4.69, 9.17) is 11.6 Å². The smallest absolute Gasteiger partial charge is 0.128 e. The van der Waals surface area contributed by atoms with Gasteiger partial charge in [0, 0.05) is 16.2 Å². The van der Waals surface area contributed by atoms with Crippen LogP contribution in [0.2, 0.25) is 0 Å². The van der Waals surface area contributed by atoms with Crippen molar-refractivity contribution in [1.29, 1.82) is 0 Å². The van der Waals surface area contributed by atoms with Gasteiger partial charge >= 0.3 is 0 Å². The number of aromatic nitrogens is 1. The Hall–Kier alpha value is -1.43. The molecule has 0 spiro atoms. The molecule has 0 saturated heterocycles. The fraction of sp³-hybridized carbons (Fsp3) is 0.154. The number of anilines is 1. The van der Waals surface area contributed by atoms with Gasteiger partial charge in [0.1, 0.15) is 5.82 Å². The zero-order valence-corrected chi connectivity index (χ0v) is 11.6. The molecule has 5 N–H and O–H groups in total. The maximum atomic E-state index is 5.93. The summed E-state index contributed by atoms with van der Waals surface area (Å²) in [5.41, 5.74) is 11.7. The highest BCUT2D eigenvalue weighted by Crippen LogP contribution is 2.30. The van der Waals surface area contributed by atoms with Crippen LogP contribution < -0.4 is 17.0 Å². The van der Waals surface area contributed by atoms with E-state index < -0.39 is 0 Å². The van der Waals surface area contributed by atoms with Crippen molar-refractivity contribution in [2.45, 2.75) is 13.0 Å². The van der Waals surface area contributed by atoms with E-state index in [-0.39, 0.29) is 6.04 Å². The Morgan fingerprint density at radius 2 is 2.00 bits per heavy atom. The van der Waals surface area contributed by atoms with Crippen LogP contribution in [0.4, 0.5) is 5.82 Å². The number of rotatable bonds is 3. The van der Waals surface area contributed by atoms with Crippen molar-refractivity contribution >= 4 is 21.7 Å². The largest absolute Gasteiger partial charge is 0.383 e. The molecule has 0 amide bonds. The van der Waals surface area contributed by atoms with Gasteiger partial charge in [0.15, 0.2) is 0 Å². The molecule has 1 aromatic heterocycles. The molecule has 1 unspecified atom stereocenters. The summed E-state index contributed by atoms with van der Waals surface area (Å²) in [5, 5.41) is 0. The summed E-state index contributed by atoms with van der Waals surface area (Å²) < 4.78 is 0.980. The van der Waals surface area contributed by atoms with Gasteiger partial charge in [-0.25, -0.2) is 10.4 Å². The average molecular weight is 307 g/mol. The first-order chi connectivity index (χ1) is 8.63. The van der Waals surface area contributed by atoms with Crippen LogP contribution in [0, 0.1) is 6.92 Å². The van der Waals surface area contributed by atoms with Crippen molar-refractivity contribution in [3.63, 3.8) is 0 Å². The normalized spacial score (nSPS) is 12.4. The minimum absolute atomic E-state index is 0.187. The molecule has 94 valence electrons. The number of nitrogens with one attached hydrogen (secondary N) is 1. The summed E-state index contributed by atoms with van der Waals surface area (Å²) in [6.07, 6.45) is 1.74. The number of nitrogens with two attached hydrogens (primary N) is 2. The van der Waals surface area contributed by atoms with E-state index in [1.54, 1.807) is 6.20 Å². The van der Waals surface area contributed by atoms with E-state index >= 15 is 0 Å². The topological polar surface area (TPSA) is 77.0 Å². The fourth-order valence-corrected chi connectivity index (χ4v) is 2.40. The van der Waals surface area contributed by atoms with Crippen LogP contribution in [0.3, 0.4) is 0 Å². The molecule has 1 atom stereocenters. The van der Waals surface area contributed by atoms with Gasteiger partial charge in [-0.3, -0.25) is 5.84 Å². The Morgan fingerprint density at radius 1 is 1.28 bits per heavy atom. The number of nitrogens with zero attached hydrogens (tertiary/aromatic N) is 1. The molecule has 0 saturated carbocycles. The van der Waals surface area contributed by atoms with E-state index in [2.05, 4.69) is 26.3 Å². The fourth-order valence-electron chi connectivity index (χ4n) is 1.89. The molecule has 0 radical (unpaired) electrons. The van der Waals surface area contributed by atoms with Crippen molar-refractivity contribution in [2.24, 2.45) is 5.84 Å². The average Bonchev–Trinajstić information content (AvgIpc) is 2.36. The SMILES string of the molecule is Cc1cnc(N)c(C(NN)c2ccccc2Br)c1. The van der Waals surface area contributed by atoms with E-state index in [0.717, 1.165) is 21.2 Å². The lowest BCUT2D eigenvalue weighted by atomic mass is 9.99. The van der Waals surface area contributed by atoms with Gasteiger partial charge in [0.25, 0.3) is 0 Å². The maximum absolute atomic E-state index is 5.93. The maximum Gasteiger partial charge on any atom is 0.128 e. The second kappa shape index (κ2) is 5.48. The summed E-state index contributed by atoms with van der Waals surface area (Å²) in [7, 11) is 0. The first kappa shape index (κ1) is 13.0. The molecule has 0 aliphatic rings. The number of nitrogen functional groups attached to an aromatic ring is 1. The standard InChI is InChI=1S/C13H15BrN4/c1-8-6-10(13(15)17-7-8)12(18-16)9-4-2-3-5-11(9)14/h2-7,12,18H,16H2,1H3,(H2,15,17). The number of hydrazine groups is 1. The highest BCUT2D eigenvalue weighted by molar-refractivity contribution is 9.10. The molecule has 0 bridgehead atoms. The van der Waals surface area contributed by atoms with Crippen LogP contribution in [0.1, 0.15) is 22.7 Å². The van der Waals surface area contributed by atoms with Crippen molar-refractivity contribution in [3.05, 3.63) is 57.7 Å². The summed E-state index contributed by atoms with van der Waals surface area (Å²) in [4.78, 5) is 4.17. The molecule has 1 heterocycles. The Balaban J connectivity index is 2.52. The molecule has 5 heteroatoms. The third-order valence-electron chi connectivity index (χ3n) is 2.78. The van der Waals surface area contributed by atoms with Crippen LogP contribution in [-0.2, 0) is 0 Å². The lowest BCUT2D eigenvalue weighted by molar-refractivity contribution is 0.634. The molecule has 2 rings (SSSR count). The predicted molar refractivity (Wildman–Crippen MR) is 76.7 cm³/mol. The Morgan fingerprint density at radius 3 is 2.67 bits per heavy atom. The second-order valence-corrected chi connectivity index (χ2v) is 4.96. The van der Waals surface area contributed by atoms with Gasteiger partial charge in [-0.1, -0.05) is 34.1 Å². The Kier molecular flexibility index (Phi) is 3.96. The first-order valence-corrected chi connectivity index (χ1v) is 6.35. The lowest BCUT2D eigenvalue weighted by Gasteiger charge is -2.19. The van der Waals surface area contributed by atoms with Crippen molar-refractivity contribution in [3.8, 4) is 0 Å². The molecular weight excluding hydrogens is 292 g/mol. The van der Waals surface area contributed by atoms with Gasteiger partial charge in [0.05, 0.1) is 6.04 Å². The van der Waals surface area contributed by atoms with Crippen molar-refractivity contribution in [2.75, 3.05) is 5.73 Å². The number of pyridine rings is 1. The molecule has 0 aliphatic carbocycles. The molecule has 0 aliphatic heterocycles. The Labute approximate surface area is 115 Å². The van der Waals surface area contributed by atoms with Gasteiger partial charge in [-0.05, 0) is 30.2 Å². The number of hydrogen-bond acceptors (Lipinski definition) is 4. The highest BCUT2D eigenvalue weighted by Gasteiger charge is 2.18. The highest BCUT2D eigenvalue weighted by atomic mass is 79.9. The van der Waals surface area contributed by atoms with E-state index in [1.165, 1.54) is 0 Å². The van der Waals surface area contributed by atoms with Crippen molar-refractivity contribution in [1.82, 2.24) is 10.4 Å². The summed E-state index contributed by atoms with van der Waals surface area (Å²) in [6.45, 7) is 1.98. The van der Waals surface area contributed by atoms with Gasteiger partial charge in [-0.2, -0.15) is 0 Å². The number of hydrogen-bond donors (Lipinski definition) is 3. The van der Waals surface area contributed by atoms with E-state index in [1.807, 2.05) is 37.3 Å². The number of benzene rings is 1. The third-order valence-corrected chi connectivity index (χ3v) is 3.50. The van der Waals surface area contributed by atoms with E-state index in [0.29, 0.717) is 5.82 Å². The number of aryl methyl sites for hydroxylation is 1. The number of halogens is 1. The monoisotopic (exact) mass is 306 g/mol. The quantitative estimate of drug-likeness (QED) is 0.600. The zero-order chi connectivity index (χ0) is 13.1. The minimum Gasteiger partial charge on any atom is -0.383 e. The summed E-state index contributed by atoms with van der Waals surface area (Å²) in [5.74, 6) is 6.16. The molecular formula is C13H15BrN4. The van der Waals surface area contributed by atoms with Crippen LogP contribution in [0.5, 0.6) is 0 Å². The van der Waals surface area contributed by atoms with Gasteiger partial charge < -0.3 is 5.73 Å². The summed E-state index contributed by atoms with van der Waals surface area (Å²) >= 11 is 3.52. The Bertz CT molecular complexity index is 556. The third kappa shape index (κ3) is 2.53. The van der Waals surface area contributed by atoms with Gasteiger partial charge in [-0.15, -0.1) is 0 Å². The molecule has 1 aromatic carbocycles. The molecule has 4 nitrogen and oxygen atoms in total. The molecule has 2 aromatic rings. The van der Waals surface area contributed by atoms with Gasteiger partial charge in [0.2, 0.25) is 0 Å². The molecule has 0 fully saturated rings. The predicted octanol–water partition coefficient (Wildman–Crippen LogP) is 2.29. The molecule has 18 heavy (non-hydrogen) atoms. The van der Waals surface area contributed by atoms with Crippen LogP contribution in [-0.4, -0.2) is 4.98 Å². The van der Waals surface area contributed by atoms with Crippen molar-refractivity contribution < 1.29 is 0 Å². The lowest BCUT2D eigenvalue weighted by Crippen LogP contribution is -2.30. The van der Waals surface area contributed by atoms with Crippen LogP contribution in [0.15, 0.2) is 41.0 Å². The van der Waals surface area contributed by atoms with Crippen LogP contribution in [0.25, 0.3) is 0 Å². The first-order valence-electron chi connectivity index (χ1n) is 5.56. The van der Waals surface area contributed by atoms with E-state index in [9.17, 15) is 0 Å². The minimum atomic E-state index is -0.187. The summed E-state index contributed by atoms with van der Waals surface area (Å²) in [6, 6.07) is 9.69. The second-order valence-electron chi connectivity index (χ2n) is 4.11. The zero-order valence-electron chi connectivity index (χ0n) is 10.0.